The number of amides is 3. The summed E-state index contributed by atoms with van der Waals surface area (Å²) in [6.07, 6.45) is 5.02. The fourth-order valence-corrected chi connectivity index (χ4v) is 8.32. The van der Waals surface area contributed by atoms with E-state index in [-0.39, 0.29) is 30.2 Å². The number of rotatable bonds is 10. The van der Waals surface area contributed by atoms with E-state index >= 15 is 0 Å². The molecule has 1 atom stereocenters. The van der Waals surface area contributed by atoms with Gasteiger partial charge in [0, 0.05) is 42.1 Å². The van der Waals surface area contributed by atoms with Crippen molar-refractivity contribution in [3.05, 3.63) is 90.3 Å². The van der Waals surface area contributed by atoms with Crippen molar-refractivity contribution in [3.63, 3.8) is 0 Å². The highest BCUT2D eigenvalue weighted by atomic mass is 32.2. The molecule has 3 aliphatic heterocycles. The third-order valence-electron chi connectivity index (χ3n) is 9.94. The van der Waals surface area contributed by atoms with E-state index in [9.17, 15) is 14.4 Å². The number of nitrogens with two attached hydrogens (primary N) is 1. The van der Waals surface area contributed by atoms with E-state index in [0.29, 0.717) is 24.3 Å². The Bertz CT molecular complexity index is 2100. The van der Waals surface area contributed by atoms with Crippen LogP contribution in [0.5, 0.6) is 11.5 Å². The zero-order valence-corrected chi connectivity index (χ0v) is 28.8. The van der Waals surface area contributed by atoms with Gasteiger partial charge in [-0.25, -0.2) is 14.6 Å². The van der Waals surface area contributed by atoms with Gasteiger partial charge in [0.2, 0.25) is 11.8 Å². The predicted octanol–water partition coefficient (Wildman–Crippen LogP) is 5.45. The van der Waals surface area contributed by atoms with E-state index in [1.165, 1.54) is 6.33 Å². The van der Waals surface area contributed by atoms with E-state index in [4.69, 9.17) is 15.6 Å². The zero-order valence-electron chi connectivity index (χ0n) is 28.0. The van der Waals surface area contributed by atoms with Crippen molar-refractivity contribution in [2.24, 2.45) is 0 Å². The molecular weight excluding hydrogens is 665 g/mol. The molecule has 0 spiro atoms. The first-order valence-corrected chi connectivity index (χ1v) is 18.4. The SMILES string of the molecule is Nc1ncnc2c1c(-c1ccc(Oc3ccccc3)cc1)nn2C1CCN(CCCSc2cccc3c2CN(C2CCC(=O)NC2=O)C3=O)CC1. The molecule has 8 rings (SSSR count). The molecule has 0 aliphatic carbocycles. The molecule has 0 saturated carbocycles. The predicted molar refractivity (Wildman–Crippen MR) is 194 cm³/mol. The molecule has 0 radical (unpaired) electrons. The van der Waals surface area contributed by atoms with E-state index < -0.39 is 6.04 Å². The maximum absolute atomic E-state index is 13.2. The number of nitrogens with one attached hydrogen (secondary N) is 1. The minimum atomic E-state index is -0.605. The van der Waals surface area contributed by atoms with Gasteiger partial charge in [-0.15, -0.1) is 11.8 Å². The number of nitrogen functional groups attached to an aromatic ring is 1. The monoisotopic (exact) mass is 702 g/mol. The quantitative estimate of drug-likeness (QED) is 0.109. The van der Waals surface area contributed by atoms with Crippen LogP contribution in [-0.4, -0.2) is 78.7 Å². The molecule has 2 aromatic heterocycles. The lowest BCUT2D eigenvalue weighted by Gasteiger charge is -2.32. The molecule has 3 amide bonds. The fraction of sp³-hybridized carbons (Fsp3) is 0.316. The topological polar surface area (TPSA) is 149 Å². The molecule has 2 saturated heterocycles. The Morgan fingerprint density at radius 1 is 0.902 bits per heavy atom. The Morgan fingerprint density at radius 3 is 2.47 bits per heavy atom. The van der Waals surface area contributed by atoms with Crippen molar-refractivity contribution >= 4 is 46.3 Å². The first-order valence-electron chi connectivity index (χ1n) is 17.4. The van der Waals surface area contributed by atoms with Gasteiger partial charge in [0.1, 0.15) is 35.4 Å². The van der Waals surface area contributed by atoms with Crippen molar-refractivity contribution < 1.29 is 19.1 Å². The average Bonchev–Trinajstić information content (AvgIpc) is 3.70. The van der Waals surface area contributed by atoms with Crippen molar-refractivity contribution in [1.29, 1.82) is 0 Å². The third kappa shape index (κ3) is 6.66. The van der Waals surface area contributed by atoms with Gasteiger partial charge in [-0.2, -0.15) is 5.10 Å². The summed E-state index contributed by atoms with van der Waals surface area (Å²) in [7, 11) is 0. The number of benzene rings is 3. The normalized spacial score (nSPS) is 18.3. The lowest BCUT2D eigenvalue weighted by atomic mass is 10.0. The van der Waals surface area contributed by atoms with Crippen molar-refractivity contribution in [3.8, 4) is 22.8 Å². The number of carbonyl (C=O) groups is 3. The second-order valence-corrected chi connectivity index (χ2v) is 14.3. The number of thioether (sulfide) groups is 1. The summed E-state index contributed by atoms with van der Waals surface area (Å²) in [6, 6.07) is 22.9. The van der Waals surface area contributed by atoms with E-state index in [1.807, 2.05) is 71.4 Å². The number of anilines is 1. The number of aromatic nitrogens is 4. The summed E-state index contributed by atoms with van der Waals surface area (Å²) in [5.41, 5.74) is 10.5. The van der Waals surface area contributed by atoms with Gasteiger partial charge in [0.25, 0.3) is 5.91 Å². The Balaban J connectivity index is 0.871. The van der Waals surface area contributed by atoms with Gasteiger partial charge in [-0.05, 0) is 92.1 Å². The number of nitrogens with zero attached hydrogens (tertiary/aromatic N) is 6. The summed E-state index contributed by atoms with van der Waals surface area (Å²) >= 11 is 1.76. The number of piperidine rings is 2. The molecule has 260 valence electrons. The van der Waals surface area contributed by atoms with Crippen LogP contribution in [0.2, 0.25) is 0 Å². The second-order valence-electron chi connectivity index (χ2n) is 13.1. The number of likely N-dealkylation sites (tertiary alicyclic amines) is 1. The molecule has 1 unspecified atom stereocenters. The molecule has 0 bridgehead atoms. The van der Waals surface area contributed by atoms with Crippen LogP contribution in [0.3, 0.4) is 0 Å². The summed E-state index contributed by atoms with van der Waals surface area (Å²) < 4.78 is 8.03. The number of carbonyl (C=O) groups excluding carboxylic acids is 3. The van der Waals surface area contributed by atoms with Gasteiger partial charge in [0.15, 0.2) is 5.65 Å². The smallest absolute Gasteiger partial charge is 0.255 e. The fourth-order valence-electron chi connectivity index (χ4n) is 7.31. The Kier molecular flexibility index (Phi) is 9.13. The summed E-state index contributed by atoms with van der Waals surface area (Å²) in [4.78, 5) is 51.4. The van der Waals surface area contributed by atoms with E-state index in [0.717, 1.165) is 88.9 Å². The minimum Gasteiger partial charge on any atom is -0.457 e. The van der Waals surface area contributed by atoms with E-state index in [2.05, 4.69) is 26.3 Å². The van der Waals surface area contributed by atoms with Gasteiger partial charge < -0.3 is 20.3 Å². The number of ether oxygens (including phenoxy) is 1. The summed E-state index contributed by atoms with van der Waals surface area (Å²) in [6.45, 7) is 3.28. The third-order valence-corrected chi connectivity index (χ3v) is 11.1. The standard InChI is InChI=1S/C38H38N8O4S/c39-35-33-34(24-10-12-27(13-11-24)50-26-6-2-1-3-7-26)43-46(36(33)41-23-40-35)25-16-19-44(20-17-25)18-5-21-51-31-9-4-8-28-29(31)22-45(38(28)49)30-14-15-32(47)42-37(30)48/h1-4,6-13,23,25,30H,5,14-22H2,(H2,39,40,41)(H,42,47,48). The molecular formula is C38H38N8O4S. The number of hydrogen-bond acceptors (Lipinski definition) is 10. The zero-order chi connectivity index (χ0) is 34.9. The molecule has 12 nitrogen and oxygen atoms in total. The van der Waals surface area contributed by atoms with Crippen LogP contribution in [0, 0.1) is 0 Å². The van der Waals surface area contributed by atoms with Crippen LogP contribution in [0.25, 0.3) is 22.3 Å². The van der Waals surface area contributed by atoms with E-state index in [1.54, 1.807) is 16.7 Å². The van der Waals surface area contributed by atoms with Crippen LogP contribution < -0.4 is 15.8 Å². The average molecular weight is 703 g/mol. The molecule has 2 fully saturated rings. The maximum Gasteiger partial charge on any atom is 0.255 e. The Morgan fingerprint density at radius 2 is 1.69 bits per heavy atom. The molecule has 5 aromatic rings. The molecule has 3 N–H and O–H groups in total. The van der Waals surface area contributed by atoms with Crippen LogP contribution in [0.15, 0.2) is 84.0 Å². The molecule has 3 aliphatic rings. The number of hydrogen-bond donors (Lipinski definition) is 2. The molecule has 51 heavy (non-hydrogen) atoms. The molecule has 13 heteroatoms. The highest BCUT2D eigenvalue weighted by molar-refractivity contribution is 7.99. The van der Waals surface area contributed by atoms with Gasteiger partial charge >= 0.3 is 0 Å². The van der Waals surface area contributed by atoms with Crippen LogP contribution >= 0.6 is 11.8 Å². The lowest BCUT2D eigenvalue weighted by Crippen LogP contribution is -2.52. The van der Waals surface area contributed by atoms with Crippen molar-refractivity contribution in [2.45, 2.75) is 55.6 Å². The van der Waals surface area contributed by atoms with Crippen LogP contribution in [-0.2, 0) is 16.1 Å². The highest BCUT2D eigenvalue weighted by Gasteiger charge is 2.39. The number of para-hydroxylation sites is 1. The van der Waals surface area contributed by atoms with Gasteiger partial charge in [-0.1, -0.05) is 24.3 Å². The summed E-state index contributed by atoms with van der Waals surface area (Å²) in [5.74, 6) is 2.05. The summed E-state index contributed by atoms with van der Waals surface area (Å²) in [5, 5.41) is 8.22. The Labute approximate surface area is 299 Å². The minimum absolute atomic E-state index is 0.137. The Hall–Kier alpha value is -5.27. The van der Waals surface area contributed by atoms with Gasteiger partial charge in [0.05, 0.1) is 11.4 Å². The number of imide groups is 1. The largest absolute Gasteiger partial charge is 0.457 e. The van der Waals surface area contributed by atoms with Crippen LogP contribution in [0.1, 0.15) is 54.1 Å². The molecule has 5 heterocycles. The lowest BCUT2D eigenvalue weighted by molar-refractivity contribution is -0.136. The van der Waals surface area contributed by atoms with Gasteiger partial charge in [-0.3, -0.25) is 19.7 Å². The van der Waals surface area contributed by atoms with Crippen molar-refractivity contribution in [1.82, 2.24) is 34.9 Å². The van der Waals surface area contributed by atoms with Crippen LogP contribution in [0.4, 0.5) is 5.82 Å². The number of fused-ring (bicyclic) bond motifs is 2. The molecule has 3 aromatic carbocycles. The van der Waals surface area contributed by atoms with Crippen molar-refractivity contribution in [2.75, 3.05) is 31.1 Å². The highest BCUT2D eigenvalue weighted by Crippen LogP contribution is 2.37. The first-order chi connectivity index (χ1) is 24.9. The second kappa shape index (κ2) is 14.2. The first kappa shape index (κ1) is 32.9. The maximum atomic E-state index is 13.2.